The fourth-order valence-corrected chi connectivity index (χ4v) is 3.86. The smallest absolute Gasteiger partial charge is 0.254 e. The van der Waals surface area contributed by atoms with Gasteiger partial charge in [0, 0.05) is 43.1 Å². The molecule has 2 aromatic rings. The van der Waals surface area contributed by atoms with E-state index < -0.39 is 0 Å². The van der Waals surface area contributed by atoms with Gasteiger partial charge < -0.3 is 14.6 Å². The molecule has 1 atom stereocenters. The van der Waals surface area contributed by atoms with Crippen LogP contribution in [0.5, 0.6) is 0 Å². The second-order valence-electron chi connectivity index (χ2n) is 7.16. The van der Waals surface area contributed by atoms with Crippen molar-refractivity contribution in [2.75, 3.05) is 20.3 Å². The fraction of sp³-hybridized carbons (Fsp3) is 0.524. The first-order valence-electron chi connectivity index (χ1n) is 9.53. The van der Waals surface area contributed by atoms with E-state index in [0.717, 1.165) is 67.2 Å². The van der Waals surface area contributed by atoms with Gasteiger partial charge in [-0.3, -0.25) is 4.79 Å². The predicted molar refractivity (Wildman–Crippen MR) is 103 cm³/mol. The predicted octanol–water partition coefficient (Wildman–Crippen LogP) is 4.11. The number of nitrogens with zero attached hydrogens (tertiary/aromatic N) is 2. The highest BCUT2D eigenvalue weighted by atomic mass is 16.5. The molecule has 0 radical (unpaired) electrons. The zero-order valence-corrected chi connectivity index (χ0v) is 16.0. The van der Waals surface area contributed by atoms with Crippen molar-refractivity contribution >= 4 is 5.91 Å². The zero-order valence-electron chi connectivity index (χ0n) is 16.0. The van der Waals surface area contributed by atoms with Gasteiger partial charge in [0.05, 0.1) is 5.69 Å². The third kappa shape index (κ3) is 4.15. The van der Waals surface area contributed by atoms with Crippen LogP contribution in [0, 0.1) is 13.8 Å². The third-order valence-electron chi connectivity index (χ3n) is 5.18. The number of ether oxygens (including phenoxy) is 1. The zero-order chi connectivity index (χ0) is 18.5. The average molecular weight is 355 g/mol. The van der Waals surface area contributed by atoms with Crippen molar-refractivity contribution in [2.45, 2.75) is 52.0 Å². The lowest BCUT2D eigenvalue weighted by Gasteiger charge is -2.36. The van der Waals surface area contributed by atoms with Crippen LogP contribution in [0.2, 0.25) is 0 Å². The number of methoxy groups -OCH3 is 1. The molecule has 0 aliphatic carbocycles. The summed E-state index contributed by atoms with van der Waals surface area (Å²) in [6.07, 6.45) is 5.42. The molecule has 1 N–H and O–H groups in total. The van der Waals surface area contributed by atoms with Gasteiger partial charge in [-0.25, -0.2) is 4.98 Å². The summed E-state index contributed by atoms with van der Waals surface area (Å²) in [6, 6.07) is 8.20. The SMILES string of the molecule is COCCC[C@@H]1CCCCN1C(=O)c1ccc(-c2nc(C)[nH]c2C)cc1. The molecule has 0 unspecified atom stereocenters. The number of likely N-dealkylation sites (tertiary alicyclic amines) is 1. The highest BCUT2D eigenvalue weighted by Gasteiger charge is 2.27. The number of imidazole rings is 1. The molecule has 2 heterocycles. The number of piperidine rings is 1. The topological polar surface area (TPSA) is 58.2 Å². The molecule has 1 amide bonds. The Morgan fingerprint density at radius 2 is 2.04 bits per heavy atom. The Morgan fingerprint density at radius 1 is 1.27 bits per heavy atom. The van der Waals surface area contributed by atoms with Gasteiger partial charge in [0.15, 0.2) is 0 Å². The van der Waals surface area contributed by atoms with Crippen LogP contribution in [0.15, 0.2) is 24.3 Å². The summed E-state index contributed by atoms with van der Waals surface area (Å²) in [6.45, 7) is 5.59. The molecular formula is C21H29N3O2. The van der Waals surface area contributed by atoms with E-state index in [1.807, 2.05) is 38.1 Å². The molecule has 26 heavy (non-hydrogen) atoms. The van der Waals surface area contributed by atoms with Crippen LogP contribution in [0.1, 0.15) is 54.0 Å². The first kappa shape index (κ1) is 18.6. The normalized spacial score (nSPS) is 17.5. The Hall–Kier alpha value is -2.14. The minimum absolute atomic E-state index is 0.147. The van der Waals surface area contributed by atoms with E-state index >= 15 is 0 Å². The number of H-pyrrole nitrogens is 1. The van der Waals surface area contributed by atoms with Crippen LogP contribution in [0.3, 0.4) is 0 Å². The summed E-state index contributed by atoms with van der Waals surface area (Å²) in [7, 11) is 1.73. The molecule has 140 valence electrons. The summed E-state index contributed by atoms with van der Waals surface area (Å²) in [5.74, 6) is 1.05. The summed E-state index contributed by atoms with van der Waals surface area (Å²) in [5, 5.41) is 0. The number of carbonyl (C=O) groups excluding carboxylic acids is 1. The summed E-state index contributed by atoms with van der Waals surface area (Å²) < 4.78 is 5.17. The number of aromatic amines is 1. The quantitative estimate of drug-likeness (QED) is 0.793. The second-order valence-corrected chi connectivity index (χ2v) is 7.16. The van der Waals surface area contributed by atoms with Gasteiger partial charge in [-0.15, -0.1) is 0 Å². The highest BCUT2D eigenvalue weighted by Crippen LogP contribution is 2.25. The van der Waals surface area contributed by atoms with Crippen LogP contribution in [0.25, 0.3) is 11.3 Å². The number of hydrogen-bond donors (Lipinski definition) is 1. The molecule has 1 saturated heterocycles. The summed E-state index contributed by atoms with van der Waals surface area (Å²) in [5.41, 5.74) is 3.81. The standard InChI is InChI=1S/C21H29N3O2/c1-15-20(23-16(2)22-15)17-9-11-18(12-10-17)21(25)24-13-5-4-7-19(24)8-6-14-26-3/h9-12,19H,4-8,13-14H2,1-3H3,(H,22,23)/t19-/m0/s1. The highest BCUT2D eigenvalue weighted by molar-refractivity contribution is 5.95. The molecule has 1 aromatic heterocycles. The lowest BCUT2D eigenvalue weighted by Crippen LogP contribution is -2.43. The molecule has 0 spiro atoms. The minimum atomic E-state index is 0.147. The molecule has 1 aromatic carbocycles. The van der Waals surface area contributed by atoms with Gasteiger partial charge in [-0.05, 0) is 58.1 Å². The number of rotatable bonds is 6. The van der Waals surface area contributed by atoms with E-state index in [1.54, 1.807) is 7.11 Å². The van der Waals surface area contributed by atoms with Crippen LogP contribution in [0.4, 0.5) is 0 Å². The van der Waals surface area contributed by atoms with Crippen LogP contribution in [-0.2, 0) is 4.74 Å². The van der Waals surface area contributed by atoms with E-state index in [4.69, 9.17) is 4.74 Å². The number of amides is 1. The summed E-state index contributed by atoms with van der Waals surface area (Å²) >= 11 is 0. The van der Waals surface area contributed by atoms with Crippen molar-refractivity contribution in [3.8, 4) is 11.3 Å². The van der Waals surface area contributed by atoms with Crippen LogP contribution < -0.4 is 0 Å². The van der Waals surface area contributed by atoms with Gasteiger partial charge in [0.2, 0.25) is 0 Å². The molecule has 1 fully saturated rings. The van der Waals surface area contributed by atoms with Gasteiger partial charge >= 0.3 is 0 Å². The maximum absolute atomic E-state index is 13.0. The Kier molecular flexibility index (Phi) is 6.09. The lowest BCUT2D eigenvalue weighted by atomic mass is 9.96. The van der Waals surface area contributed by atoms with E-state index in [2.05, 4.69) is 14.9 Å². The molecule has 5 heteroatoms. The third-order valence-corrected chi connectivity index (χ3v) is 5.18. The van der Waals surface area contributed by atoms with E-state index in [0.29, 0.717) is 6.04 Å². The van der Waals surface area contributed by atoms with E-state index in [1.165, 1.54) is 6.42 Å². The maximum atomic E-state index is 13.0. The van der Waals surface area contributed by atoms with Crippen LogP contribution in [-0.4, -0.2) is 47.1 Å². The molecule has 5 nitrogen and oxygen atoms in total. The molecular weight excluding hydrogens is 326 g/mol. The molecule has 0 bridgehead atoms. The number of aryl methyl sites for hydroxylation is 2. The number of carbonyl (C=O) groups is 1. The van der Waals surface area contributed by atoms with Gasteiger partial charge in [0.1, 0.15) is 5.82 Å². The van der Waals surface area contributed by atoms with Crippen molar-refractivity contribution < 1.29 is 9.53 Å². The van der Waals surface area contributed by atoms with Crippen molar-refractivity contribution in [1.29, 1.82) is 0 Å². The molecule has 0 saturated carbocycles. The largest absolute Gasteiger partial charge is 0.385 e. The number of benzene rings is 1. The lowest BCUT2D eigenvalue weighted by molar-refractivity contribution is 0.0585. The first-order valence-corrected chi connectivity index (χ1v) is 9.53. The molecule has 3 rings (SSSR count). The van der Waals surface area contributed by atoms with Crippen molar-refractivity contribution in [3.63, 3.8) is 0 Å². The van der Waals surface area contributed by atoms with Crippen molar-refractivity contribution in [2.24, 2.45) is 0 Å². The first-order chi connectivity index (χ1) is 12.6. The number of nitrogens with one attached hydrogen (secondary N) is 1. The Bertz CT molecular complexity index is 736. The maximum Gasteiger partial charge on any atom is 0.254 e. The van der Waals surface area contributed by atoms with E-state index in [-0.39, 0.29) is 5.91 Å². The van der Waals surface area contributed by atoms with Crippen molar-refractivity contribution in [1.82, 2.24) is 14.9 Å². The Morgan fingerprint density at radius 3 is 2.69 bits per heavy atom. The van der Waals surface area contributed by atoms with Gasteiger partial charge in [-0.2, -0.15) is 0 Å². The number of hydrogen-bond acceptors (Lipinski definition) is 3. The Labute approximate surface area is 155 Å². The van der Waals surface area contributed by atoms with E-state index in [9.17, 15) is 4.79 Å². The fourth-order valence-electron chi connectivity index (χ4n) is 3.86. The monoisotopic (exact) mass is 355 g/mol. The molecule has 1 aliphatic heterocycles. The van der Waals surface area contributed by atoms with Gasteiger partial charge in [0.25, 0.3) is 5.91 Å². The van der Waals surface area contributed by atoms with Crippen LogP contribution >= 0.6 is 0 Å². The number of aromatic nitrogens is 2. The Balaban J connectivity index is 1.73. The summed E-state index contributed by atoms with van der Waals surface area (Å²) in [4.78, 5) is 22.9. The average Bonchev–Trinajstić information content (AvgIpc) is 3.00. The van der Waals surface area contributed by atoms with Crippen molar-refractivity contribution in [3.05, 3.63) is 41.3 Å². The minimum Gasteiger partial charge on any atom is -0.385 e. The molecule has 1 aliphatic rings. The van der Waals surface area contributed by atoms with Gasteiger partial charge in [-0.1, -0.05) is 12.1 Å². The second kappa shape index (κ2) is 8.49.